The Morgan fingerprint density at radius 1 is 0.786 bits per heavy atom. The molecule has 4 rings (SSSR count). The summed E-state index contributed by atoms with van der Waals surface area (Å²) in [5.74, 6) is 0. The van der Waals surface area contributed by atoms with Gasteiger partial charge in [-0.05, 0) is 28.8 Å². The van der Waals surface area contributed by atoms with Gasteiger partial charge in [-0.25, -0.2) is 0 Å². The number of rotatable bonds is 0. The summed E-state index contributed by atoms with van der Waals surface area (Å²) in [6.07, 6.45) is 0. The molecule has 0 saturated carbocycles. The van der Waals surface area contributed by atoms with Gasteiger partial charge in [0.2, 0.25) is 3.57 Å². The van der Waals surface area contributed by atoms with Gasteiger partial charge in [-0.2, -0.15) is 0 Å². The second-order valence-electron chi connectivity index (χ2n) is 3.42. The Kier molecular flexibility index (Phi) is 1.71. The van der Waals surface area contributed by atoms with Crippen LogP contribution in [0.25, 0.3) is 22.3 Å². The molecule has 1 aliphatic carbocycles. The minimum Gasteiger partial charge on any atom is -1.00 e. The maximum absolute atomic E-state index is 2.32. The molecule has 2 aliphatic rings. The average Bonchev–Trinajstić information content (AvgIpc) is 2.89. The Bertz CT molecular complexity index is 546. The van der Waals surface area contributed by atoms with E-state index in [-0.39, 0.29) is 12.4 Å². The molecule has 1 aliphatic heterocycles. The van der Waals surface area contributed by atoms with Crippen LogP contribution in [-0.4, -0.2) is 0 Å². The van der Waals surface area contributed by atoms with Gasteiger partial charge < -0.3 is 12.4 Å². The third-order valence-electron chi connectivity index (χ3n) is 2.74. The molecule has 0 bridgehead atoms. The number of hydrogen-bond donors (Lipinski definition) is 0. The standard InChI is InChI=1S/C12H6I.ClH/c1-2-4-8-7(3-1)9-5-6-10-12(13-10)11(8)9;/h1-6H;1H/q+1;/p-1. The molecule has 14 heavy (non-hydrogen) atoms. The highest BCUT2D eigenvalue weighted by atomic mass is 127. The highest BCUT2D eigenvalue weighted by Gasteiger charge is 2.48. The number of hydrogen-bond acceptors (Lipinski definition) is 0. The molecular formula is C12H6ClI. The van der Waals surface area contributed by atoms with Crippen molar-refractivity contribution in [3.05, 3.63) is 43.5 Å². The van der Waals surface area contributed by atoms with Crippen LogP contribution in [0, 0.1) is 7.14 Å². The van der Waals surface area contributed by atoms with Gasteiger partial charge in [0.25, 0.3) is 3.57 Å². The van der Waals surface area contributed by atoms with Gasteiger partial charge in [0, 0.05) is 5.56 Å². The topological polar surface area (TPSA) is 0 Å². The Hall–Kier alpha value is -0.540. The molecule has 0 nitrogen and oxygen atoms in total. The van der Waals surface area contributed by atoms with Gasteiger partial charge in [0.05, 0.1) is 0 Å². The highest BCUT2D eigenvalue weighted by Crippen LogP contribution is 2.47. The van der Waals surface area contributed by atoms with Crippen LogP contribution >= 0.6 is 0 Å². The van der Waals surface area contributed by atoms with Gasteiger partial charge >= 0.3 is 21.2 Å². The fourth-order valence-corrected chi connectivity index (χ4v) is 4.17. The predicted octanol–water partition coefficient (Wildman–Crippen LogP) is -3.22. The first kappa shape index (κ1) is 8.74. The second-order valence-corrected chi connectivity index (χ2v) is 6.20. The van der Waals surface area contributed by atoms with Crippen molar-refractivity contribution in [3.63, 3.8) is 0 Å². The number of halogens is 2. The third kappa shape index (κ3) is 0.894. The SMILES string of the molecule is [Cl-].c1ccc2c(c1)-c1ccc3c(c1-2)[I+]3. The van der Waals surface area contributed by atoms with Crippen molar-refractivity contribution < 1.29 is 33.6 Å². The zero-order chi connectivity index (χ0) is 8.41. The molecule has 0 aromatic heterocycles. The fraction of sp³-hybridized carbons (Fsp3) is 0. The van der Waals surface area contributed by atoms with E-state index in [9.17, 15) is 0 Å². The first-order valence-corrected chi connectivity index (χ1v) is 6.52. The first-order valence-electron chi connectivity index (χ1n) is 4.37. The van der Waals surface area contributed by atoms with Crippen LogP contribution in [0.4, 0.5) is 0 Å². The molecule has 0 amide bonds. The second kappa shape index (κ2) is 2.74. The lowest BCUT2D eigenvalue weighted by Gasteiger charge is -2.20. The molecule has 2 heteroatoms. The summed E-state index contributed by atoms with van der Waals surface area (Å²) in [6, 6.07) is 13.4. The van der Waals surface area contributed by atoms with Crippen molar-refractivity contribution in [1.82, 2.24) is 0 Å². The lowest BCUT2D eigenvalue weighted by molar-refractivity contribution is -0.474. The molecule has 0 saturated heterocycles. The van der Waals surface area contributed by atoms with E-state index in [1.54, 1.807) is 12.7 Å². The zero-order valence-electron chi connectivity index (χ0n) is 7.22. The van der Waals surface area contributed by atoms with E-state index in [2.05, 4.69) is 36.4 Å². The molecule has 0 spiro atoms. The van der Waals surface area contributed by atoms with Gasteiger partial charge in [0.1, 0.15) is 0 Å². The number of benzene rings is 2. The van der Waals surface area contributed by atoms with Crippen LogP contribution in [0.3, 0.4) is 0 Å². The van der Waals surface area contributed by atoms with Crippen molar-refractivity contribution in [1.29, 1.82) is 0 Å². The largest absolute Gasteiger partial charge is 1.00 e. The van der Waals surface area contributed by atoms with Gasteiger partial charge in [-0.3, -0.25) is 0 Å². The van der Waals surface area contributed by atoms with Crippen LogP contribution < -0.4 is 33.6 Å². The first-order chi connectivity index (χ1) is 6.45. The molecule has 2 aromatic carbocycles. The van der Waals surface area contributed by atoms with E-state index in [4.69, 9.17) is 0 Å². The maximum Gasteiger partial charge on any atom is 0.368 e. The quantitative estimate of drug-likeness (QED) is 0.300. The average molecular weight is 313 g/mol. The van der Waals surface area contributed by atoms with E-state index in [0.717, 1.165) is 0 Å². The molecule has 1 heterocycles. The lowest BCUT2D eigenvalue weighted by Crippen LogP contribution is -3.48. The van der Waals surface area contributed by atoms with E-state index in [1.807, 2.05) is 0 Å². The molecule has 2 aromatic rings. The molecule has 0 N–H and O–H groups in total. The molecule has 0 radical (unpaired) electrons. The van der Waals surface area contributed by atoms with E-state index in [1.165, 1.54) is 16.7 Å². The fourth-order valence-electron chi connectivity index (χ4n) is 2.07. The van der Waals surface area contributed by atoms with E-state index >= 15 is 0 Å². The van der Waals surface area contributed by atoms with Crippen molar-refractivity contribution >= 4 is 0 Å². The van der Waals surface area contributed by atoms with Crippen molar-refractivity contribution in [2.75, 3.05) is 0 Å². The van der Waals surface area contributed by atoms with Crippen molar-refractivity contribution in [2.45, 2.75) is 0 Å². The minimum atomic E-state index is 0. The maximum atomic E-state index is 2.32. The predicted molar refractivity (Wildman–Crippen MR) is 48.3 cm³/mol. The summed E-state index contributed by atoms with van der Waals surface area (Å²) in [5, 5.41) is 0. The Labute approximate surface area is 99.0 Å². The summed E-state index contributed by atoms with van der Waals surface area (Å²) in [4.78, 5) is 0. The van der Waals surface area contributed by atoms with Gasteiger partial charge in [0.15, 0.2) is 0 Å². The van der Waals surface area contributed by atoms with Crippen LogP contribution in [0.2, 0.25) is 0 Å². The molecular weight excluding hydrogens is 306 g/mol. The van der Waals surface area contributed by atoms with E-state index < -0.39 is 0 Å². The Balaban J connectivity index is 0.000000640. The minimum absolute atomic E-state index is 0. The van der Waals surface area contributed by atoms with Crippen LogP contribution in [0.5, 0.6) is 0 Å². The smallest absolute Gasteiger partial charge is 0.368 e. The normalized spacial score (nSPS) is 12.9. The van der Waals surface area contributed by atoms with Crippen LogP contribution in [0.15, 0.2) is 36.4 Å². The van der Waals surface area contributed by atoms with Crippen molar-refractivity contribution in [2.24, 2.45) is 0 Å². The van der Waals surface area contributed by atoms with Crippen LogP contribution in [0.1, 0.15) is 0 Å². The molecule has 0 unspecified atom stereocenters. The lowest BCUT2D eigenvalue weighted by atomic mass is 9.81. The van der Waals surface area contributed by atoms with Crippen molar-refractivity contribution in [3.8, 4) is 22.3 Å². The molecule has 0 atom stereocenters. The monoisotopic (exact) mass is 312 g/mol. The summed E-state index contributed by atoms with van der Waals surface area (Å²) in [7, 11) is 0. The van der Waals surface area contributed by atoms with Gasteiger partial charge in [-0.1, -0.05) is 24.3 Å². The molecule has 0 fully saturated rings. The summed E-state index contributed by atoms with van der Waals surface area (Å²) in [6.45, 7) is 0. The zero-order valence-corrected chi connectivity index (χ0v) is 10.1. The van der Waals surface area contributed by atoms with Gasteiger partial charge in [-0.15, -0.1) is 0 Å². The van der Waals surface area contributed by atoms with Crippen LogP contribution in [-0.2, 0) is 0 Å². The summed E-state index contributed by atoms with van der Waals surface area (Å²) >= 11 is 0.317. The Morgan fingerprint density at radius 2 is 1.57 bits per heavy atom. The molecule has 68 valence electrons. The number of fused-ring (bicyclic) bond motifs is 6. The third-order valence-corrected chi connectivity index (χ3v) is 5.34. The Morgan fingerprint density at radius 3 is 2.43 bits per heavy atom. The summed E-state index contributed by atoms with van der Waals surface area (Å²) in [5.41, 5.74) is 6.02. The van der Waals surface area contributed by atoms with E-state index in [0.29, 0.717) is 21.2 Å². The summed E-state index contributed by atoms with van der Waals surface area (Å²) < 4.78 is 3.36. The highest BCUT2D eigenvalue weighted by molar-refractivity contribution is 6.02.